The summed E-state index contributed by atoms with van der Waals surface area (Å²) in [4.78, 5) is 14.6. The molecule has 2 nitrogen and oxygen atoms in total. The van der Waals surface area contributed by atoms with E-state index in [-0.39, 0.29) is 11.3 Å². The minimum absolute atomic E-state index is 0.0937. The quantitative estimate of drug-likeness (QED) is 0.794. The molecule has 18 heavy (non-hydrogen) atoms. The number of ketones is 1. The molecule has 0 aliphatic heterocycles. The highest BCUT2D eigenvalue weighted by Gasteiger charge is 2.44. The van der Waals surface area contributed by atoms with E-state index in [9.17, 15) is 9.18 Å². The fourth-order valence-corrected chi connectivity index (χ4v) is 3.13. The fourth-order valence-electron chi connectivity index (χ4n) is 2.77. The van der Waals surface area contributed by atoms with Gasteiger partial charge in [0.25, 0.3) is 0 Å². The van der Waals surface area contributed by atoms with E-state index in [0.717, 1.165) is 25.7 Å². The van der Waals surface area contributed by atoms with Crippen LogP contribution < -0.4 is 0 Å². The van der Waals surface area contributed by atoms with Crippen LogP contribution >= 0.6 is 15.9 Å². The largest absolute Gasteiger partial charge is 0.297 e. The van der Waals surface area contributed by atoms with Crippen molar-refractivity contribution in [3.63, 3.8) is 0 Å². The van der Waals surface area contributed by atoms with E-state index in [1.54, 1.807) is 18.2 Å². The number of carbonyl (C=O) groups excluding carboxylic acids is 1. The Labute approximate surface area is 115 Å². The van der Waals surface area contributed by atoms with Crippen LogP contribution in [0.5, 0.6) is 0 Å². The average Bonchev–Trinajstić information content (AvgIpc) is 2.82. The Morgan fingerprint density at radius 1 is 1.33 bits per heavy atom. The normalized spacial score (nSPS) is 18.3. The van der Waals surface area contributed by atoms with Crippen molar-refractivity contribution < 1.29 is 9.18 Å². The van der Waals surface area contributed by atoms with Gasteiger partial charge in [0.15, 0.2) is 5.78 Å². The topological polar surface area (TPSA) is 20.3 Å². The average molecular weight is 314 g/mol. The van der Waals surface area contributed by atoms with Gasteiger partial charge in [-0.05, 0) is 55.0 Å². The predicted octanol–water partition coefficient (Wildman–Crippen LogP) is 3.65. The third-order valence-corrected chi connectivity index (χ3v) is 4.52. The highest BCUT2D eigenvalue weighted by atomic mass is 79.9. The van der Waals surface area contributed by atoms with Crippen LogP contribution in [0.2, 0.25) is 0 Å². The number of hydrogen-bond donors (Lipinski definition) is 0. The standard InChI is InChI=1S/C14H17BrFNO/c1-17(2)14(8-3-4-9-14)13(18)10-6-5-7-11(15)12(10)16/h5-7H,3-4,8-9H2,1-2H3. The third kappa shape index (κ3) is 2.12. The molecule has 0 heterocycles. The van der Waals surface area contributed by atoms with Gasteiger partial charge in [0.05, 0.1) is 15.6 Å². The van der Waals surface area contributed by atoms with E-state index in [2.05, 4.69) is 15.9 Å². The molecule has 0 aromatic heterocycles. The van der Waals surface area contributed by atoms with Crippen molar-refractivity contribution in [1.29, 1.82) is 0 Å². The zero-order chi connectivity index (χ0) is 13.3. The zero-order valence-corrected chi connectivity index (χ0v) is 12.3. The second-order valence-corrected chi connectivity index (χ2v) is 5.92. The summed E-state index contributed by atoms with van der Waals surface area (Å²) in [6, 6.07) is 4.90. The van der Waals surface area contributed by atoms with Crippen LogP contribution in [-0.2, 0) is 0 Å². The number of carbonyl (C=O) groups is 1. The van der Waals surface area contributed by atoms with Crippen molar-refractivity contribution in [3.05, 3.63) is 34.1 Å². The molecule has 1 aliphatic carbocycles. The second kappa shape index (κ2) is 5.10. The summed E-state index contributed by atoms with van der Waals surface area (Å²) in [6.07, 6.45) is 3.68. The molecule has 98 valence electrons. The first kappa shape index (κ1) is 13.7. The first-order chi connectivity index (χ1) is 8.49. The van der Waals surface area contributed by atoms with E-state index in [1.807, 2.05) is 19.0 Å². The molecule has 4 heteroatoms. The SMILES string of the molecule is CN(C)C1(C(=O)c2cccc(Br)c2F)CCCC1. The highest BCUT2D eigenvalue weighted by molar-refractivity contribution is 9.10. The summed E-state index contributed by atoms with van der Waals surface area (Å²) in [5.74, 6) is -0.542. The molecule has 1 fully saturated rings. The molecule has 0 N–H and O–H groups in total. The van der Waals surface area contributed by atoms with Crippen molar-refractivity contribution >= 4 is 21.7 Å². The lowest BCUT2D eigenvalue weighted by molar-refractivity contribution is 0.0688. The molecule has 0 spiro atoms. The van der Waals surface area contributed by atoms with E-state index in [1.165, 1.54) is 0 Å². The summed E-state index contributed by atoms with van der Waals surface area (Å²) in [5, 5.41) is 0. The maximum absolute atomic E-state index is 14.1. The maximum Gasteiger partial charge on any atom is 0.186 e. The zero-order valence-electron chi connectivity index (χ0n) is 10.7. The second-order valence-electron chi connectivity index (χ2n) is 5.06. The molecule has 0 radical (unpaired) electrons. The number of rotatable bonds is 3. The number of likely N-dealkylation sites (N-methyl/N-ethyl adjacent to an activating group) is 1. The molecule has 0 saturated heterocycles. The van der Waals surface area contributed by atoms with Gasteiger partial charge in [-0.1, -0.05) is 18.9 Å². The molecular weight excluding hydrogens is 297 g/mol. The van der Waals surface area contributed by atoms with Crippen LogP contribution in [0, 0.1) is 5.82 Å². The lowest BCUT2D eigenvalue weighted by Crippen LogP contribution is -2.49. The van der Waals surface area contributed by atoms with Crippen molar-refractivity contribution in [3.8, 4) is 0 Å². The summed E-state index contributed by atoms with van der Waals surface area (Å²) in [7, 11) is 3.80. The Kier molecular flexibility index (Phi) is 3.87. The van der Waals surface area contributed by atoms with E-state index in [0.29, 0.717) is 4.47 Å². The van der Waals surface area contributed by atoms with Gasteiger partial charge in [0.2, 0.25) is 0 Å². The van der Waals surface area contributed by atoms with Crippen LogP contribution in [0.25, 0.3) is 0 Å². The first-order valence-electron chi connectivity index (χ1n) is 6.15. The summed E-state index contributed by atoms with van der Waals surface area (Å²) < 4.78 is 14.4. The van der Waals surface area contributed by atoms with Gasteiger partial charge in [-0.15, -0.1) is 0 Å². The van der Waals surface area contributed by atoms with Crippen molar-refractivity contribution in [2.24, 2.45) is 0 Å². The third-order valence-electron chi connectivity index (χ3n) is 3.91. The number of Topliss-reactive ketones (excluding diaryl/α,β-unsaturated/α-hetero) is 1. The first-order valence-corrected chi connectivity index (χ1v) is 6.94. The number of nitrogens with zero attached hydrogens (tertiary/aromatic N) is 1. The Balaban J connectivity index is 2.44. The van der Waals surface area contributed by atoms with E-state index < -0.39 is 11.4 Å². The highest BCUT2D eigenvalue weighted by Crippen LogP contribution is 2.37. The van der Waals surface area contributed by atoms with Gasteiger partial charge in [-0.3, -0.25) is 9.69 Å². The Hall–Kier alpha value is -0.740. The molecule has 0 unspecified atom stereocenters. The van der Waals surface area contributed by atoms with Crippen LogP contribution in [-0.4, -0.2) is 30.3 Å². The van der Waals surface area contributed by atoms with E-state index >= 15 is 0 Å². The lowest BCUT2D eigenvalue weighted by Gasteiger charge is -2.34. The van der Waals surface area contributed by atoms with E-state index in [4.69, 9.17) is 0 Å². The molecule has 0 amide bonds. The maximum atomic E-state index is 14.1. The fraction of sp³-hybridized carbons (Fsp3) is 0.500. The van der Waals surface area contributed by atoms with Crippen LogP contribution in [0.1, 0.15) is 36.0 Å². The molecule has 0 bridgehead atoms. The molecule has 0 atom stereocenters. The van der Waals surface area contributed by atoms with Crippen molar-refractivity contribution in [2.45, 2.75) is 31.2 Å². The molecule has 2 rings (SSSR count). The Bertz CT molecular complexity index is 467. The van der Waals surface area contributed by atoms with Crippen LogP contribution in [0.3, 0.4) is 0 Å². The lowest BCUT2D eigenvalue weighted by atomic mass is 9.86. The van der Waals surface area contributed by atoms with Crippen molar-refractivity contribution in [2.75, 3.05) is 14.1 Å². The number of halogens is 2. The van der Waals surface area contributed by atoms with Gasteiger partial charge >= 0.3 is 0 Å². The minimum Gasteiger partial charge on any atom is -0.297 e. The van der Waals surface area contributed by atoms with Gasteiger partial charge in [0.1, 0.15) is 5.82 Å². The van der Waals surface area contributed by atoms with Gasteiger partial charge < -0.3 is 0 Å². The molecule has 1 aliphatic rings. The Morgan fingerprint density at radius 2 is 1.94 bits per heavy atom. The van der Waals surface area contributed by atoms with Gasteiger partial charge in [0, 0.05) is 0 Å². The smallest absolute Gasteiger partial charge is 0.186 e. The van der Waals surface area contributed by atoms with Crippen LogP contribution in [0.4, 0.5) is 4.39 Å². The van der Waals surface area contributed by atoms with Crippen molar-refractivity contribution in [1.82, 2.24) is 4.90 Å². The van der Waals surface area contributed by atoms with Gasteiger partial charge in [-0.25, -0.2) is 4.39 Å². The molecule has 1 saturated carbocycles. The Morgan fingerprint density at radius 3 is 2.50 bits per heavy atom. The molecule has 1 aromatic carbocycles. The minimum atomic E-state index is -0.526. The predicted molar refractivity (Wildman–Crippen MR) is 73.3 cm³/mol. The molecular formula is C14H17BrFNO. The molecule has 1 aromatic rings. The monoisotopic (exact) mass is 313 g/mol. The summed E-state index contributed by atoms with van der Waals surface area (Å²) in [5.41, 5.74) is -0.332. The summed E-state index contributed by atoms with van der Waals surface area (Å²) >= 11 is 3.14. The number of benzene rings is 1. The van der Waals surface area contributed by atoms with Crippen LogP contribution in [0.15, 0.2) is 22.7 Å². The number of hydrogen-bond acceptors (Lipinski definition) is 2. The van der Waals surface area contributed by atoms with Gasteiger partial charge in [-0.2, -0.15) is 0 Å². The summed E-state index contributed by atoms with van der Waals surface area (Å²) in [6.45, 7) is 0.